The molecule has 1 heterocycles. The Morgan fingerprint density at radius 3 is 1.71 bits per heavy atom. The Morgan fingerprint density at radius 1 is 0.824 bits per heavy atom. The minimum absolute atomic E-state index is 0.0667. The van der Waals surface area contributed by atoms with Crippen molar-refractivity contribution in [1.82, 2.24) is 0 Å². The maximum absolute atomic E-state index is 13.4. The van der Waals surface area contributed by atoms with Gasteiger partial charge in [0.1, 0.15) is 11.5 Å². The van der Waals surface area contributed by atoms with E-state index in [0.717, 1.165) is 4.90 Å². The number of amidine groups is 1. The van der Waals surface area contributed by atoms with E-state index in [0.29, 0.717) is 6.42 Å². The van der Waals surface area contributed by atoms with Crippen LogP contribution < -0.4 is 4.90 Å². The van der Waals surface area contributed by atoms with Crippen LogP contribution in [0.25, 0.3) is 0 Å². The van der Waals surface area contributed by atoms with Crippen molar-refractivity contribution in [2.75, 3.05) is 11.4 Å². The van der Waals surface area contributed by atoms with Crippen molar-refractivity contribution >= 4 is 11.5 Å². The number of nitrogens with zero attached hydrogens (tertiary/aromatic N) is 1. The second kappa shape index (κ2) is 3.97. The number of hydrogen-bond acceptors (Lipinski definition) is 1. The Labute approximate surface area is 93.2 Å². The minimum atomic E-state index is -2.19. The molecule has 2 nitrogen and oxygen atoms in total. The van der Waals surface area contributed by atoms with Crippen LogP contribution in [0.15, 0.2) is 0 Å². The van der Waals surface area contributed by atoms with E-state index in [2.05, 4.69) is 0 Å². The Hall–Kier alpha value is -1.66. The maximum Gasteiger partial charge on any atom is 0.200 e. The van der Waals surface area contributed by atoms with Crippen molar-refractivity contribution in [3.05, 3.63) is 29.1 Å². The molecule has 0 amide bonds. The molecule has 1 aromatic carbocycles. The lowest BCUT2D eigenvalue weighted by Crippen LogP contribution is -2.27. The fourth-order valence-electron chi connectivity index (χ4n) is 1.75. The van der Waals surface area contributed by atoms with Gasteiger partial charge in [0.15, 0.2) is 23.3 Å². The van der Waals surface area contributed by atoms with Gasteiger partial charge in [0.25, 0.3) is 0 Å². The zero-order valence-electron chi connectivity index (χ0n) is 8.46. The van der Waals surface area contributed by atoms with Gasteiger partial charge in [-0.15, -0.1) is 0 Å². The number of hydrogen-bond donors (Lipinski definition) is 1. The summed E-state index contributed by atoms with van der Waals surface area (Å²) in [6.07, 6.45) is 0.692. The average Bonchev–Trinajstić information content (AvgIpc) is 2.71. The van der Waals surface area contributed by atoms with Crippen LogP contribution in [0.1, 0.15) is 12.8 Å². The van der Waals surface area contributed by atoms with Crippen LogP contribution in [0.2, 0.25) is 0 Å². The van der Waals surface area contributed by atoms with Crippen molar-refractivity contribution in [2.45, 2.75) is 12.8 Å². The summed E-state index contributed by atoms with van der Waals surface area (Å²) in [7, 11) is 0. The van der Waals surface area contributed by atoms with Crippen molar-refractivity contribution in [3.8, 4) is 0 Å². The number of anilines is 1. The summed E-state index contributed by atoms with van der Waals surface area (Å²) in [5.74, 6) is -10.1. The molecule has 7 heteroatoms. The van der Waals surface area contributed by atoms with Crippen molar-refractivity contribution in [3.63, 3.8) is 0 Å². The van der Waals surface area contributed by atoms with Crippen LogP contribution in [0.4, 0.5) is 27.6 Å². The van der Waals surface area contributed by atoms with Gasteiger partial charge in [0.05, 0.1) is 0 Å². The molecule has 1 aromatic rings. The Morgan fingerprint density at radius 2 is 1.29 bits per heavy atom. The van der Waals surface area contributed by atoms with Crippen molar-refractivity contribution in [1.29, 1.82) is 5.41 Å². The molecule has 2 rings (SSSR count). The van der Waals surface area contributed by atoms with Gasteiger partial charge < -0.3 is 4.90 Å². The van der Waals surface area contributed by atoms with Gasteiger partial charge in [-0.2, -0.15) is 0 Å². The van der Waals surface area contributed by atoms with E-state index >= 15 is 0 Å². The van der Waals surface area contributed by atoms with Crippen LogP contribution in [0.5, 0.6) is 0 Å². The smallest absolute Gasteiger partial charge is 0.200 e. The summed E-state index contributed by atoms with van der Waals surface area (Å²) in [6.45, 7) is 0.0667. The maximum atomic E-state index is 13.4. The molecular weight excluding hydrogens is 243 g/mol. The molecule has 0 aliphatic carbocycles. The highest BCUT2D eigenvalue weighted by Crippen LogP contribution is 2.32. The normalized spacial score (nSPS) is 15.8. The summed E-state index contributed by atoms with van der Waals surface area (Å²) in [4.78, 5) is 0.802. The molecule has 0 spiro atoms. The Balaban J connectivity index is 2.65. The van der Waals surface area contributed by atoms with Gasteiger partial charge in [0, 0.05) is 13.0 Å². The van der Waals surface area contributed by atoms with Crippen LogP contribution >= 0.6 is 0 Å². The van der Waals surface area contributed by atoms with Crippen LogP contribution in [-0.4, -0.2) is 12.4 Å². The second-order valence-corrected chi connectivity index (χ2v) is 3.62. The van der Waals surface area contributed by atoms with E-state index in [1.54, 1.807) is 0 Å². The Bertz CT molecular complexity index is 471. The van der Waals surface area contributed by atoms with E-state index in [1.165, 1.54) is 0 Å². The molecule has 0 aromatic heterocycles. The Kier molecular flexibility index (Phi) is 2.76. The van der Waals surface area contributed by atoms with E-state index in [9.17, 15) is 22.0 Å². The van der Waals surface area contributed by atoms with Crippen molar-refractivity contribution < 1.29 is 22.0 Å². The van der Waals surface area contributed by atoms with Gasteiger partial charge in [-0.3, -0.25) is 5.41 Å². The molecule has 17 heavy (non-hydrogen) atoms. The van der Waals surface area contributed by atoms with Gasteiger partial charge in [0.2, 0.25) is 5.82 Å². The highest BCUT2D eigenvalue weighted by Gasteiger charge is 2.32. The SMILES string of the molecule is N=C1CCCN1c1c(F)c(F)c(F)c(F)c1F. The summed E-state index contributed by atoms with van der Waals surface area (Å²) in [5.41, 5.74) is -1.04. The third-order valence-corrected chi connectivity index (χ3v) is 2.58. The molecule has 0 radical (unpaired) electrons. The summed E-state index contributed by atoms with van der Waals surface area (Å²) >= 11 is 0. The fraction of sp³-hybridized carbons (Fsp3) is 0.300. The zero-order valence-corrected chi connectivity index (χ0v) is 8.46. The molecule has 1 aliphatic heterocycles. The molecule has 92 valence electrons. The first-order valence-corrected chi connectivity index (χ1v) is 4.81. The van der Waals surface area contributed by atoms with Gasteiger partial charge in [-0.05, 0) is 6.42 Å². The molecule has 0 bridgehead atoms. The van der Waals surface area contributed by atoms with Crippen LogP contribution in [0, 0.1) is 34.5 Å². The largest absolute Gasteiger partial charge is 0.325 e. The highest BCUT2D eigenvalue weighted by atomic mass is 19.2. The van der Waals surface area contributed by atoms with E-state index < -0.39 is 34.8 Å². The molecule has 0 unspecified atom stereocenters. The van der Waals surface area contributed by atoms with E-state index in [1.807, 2.05) is 0 Å². The predicted octanol–water partition coefficient (Wildman–Crippen LogP) is 2.96. The lowest BCUT2D eigenvalue weighted by atomic mass is 10.2. The standard InChI is InChI=1S/C10H7F5N2/c11-5-6(12)8(14)10(9(15)7(5)13)17-3-1-2-4(17)16/h16H,1-3H2. The lowest BCUT2D eigenvalue weighted by Gasteiger charge is -2.19. The number of rotatable bonds is 1. The molecule has 0 saturated carbocycles. The van der Waals surface area contributed by atoms with E-state index in [4.69, 9.17) is 5.41 Å². The second-order valence-electron chi connectivity index (χ2n) is 3.62. The summed E-state index contributed by atoms with van der Waals surface area (Å²) in [5, 5.41) is 7.39. The van der Waals surface area contributed by atoms with Crippen LogP contribution in [0.3, 0.4) is 0 Å². The number of nitrogens with one attached hydrogen (secondary N) is 1. The molecule has 1 saturated heterocycles. The summed E-state index contributed by atoms with van der Waals surface area (Å²) in [6, 6.07) is 0. The van der Waals surface area contributed by atoms with E-state index in [-0.39, 0.29) is 18.8 Å². The first-order valence-electron chi connectivity index (χ1n) is 4.81. The van der Waals surface area contributed by atoms with Crippen LogP contribution in [-0.2, 0) is 0 Å². The molecule has 1 N–H and O–H groups in total. The monoisotopic (exact) mass is 250 g/mol. The molecule has 1 fully saturated rings. The number of benzene rings is 1. The number of halogens is 5. The quantitative estimate of drug-likeness (QED) is 0.463. The topological polar surface area (TPSA) is 27.1 Å². The van der Waals surface area contributed by atoms with Gasteiger partial charge >= 0.3 is 0 Å². The third-order valence-electron chi connectivity index (χ3n) is 2.58. The first kappa shape index (κ1) is 11.8. The van der Waals surface area contributed by atoms with Gasteiger partial charge in [-0.25, -0.2) is 22.0 Å². The molecular formula is C10H7F5N2. The van der Waals surface area contributed by atoms with Gasteiger partial charge in [-0.1, -0.05) is 0 Å². The van der Waals surface area contributed by atoms with Crippen molar-refractivity contribution in [2.24, 2.45) is 0 Å². The average molecular weight is 250 g/mol. The highest BCUT2D eigenvalue weighted by molar-refractivity contribution is 5.97. The molecule has 0 atom stereocenters. The third kappa shape index (κ3) is 1.65. The fourth-order valence-corrected chi connectivity index (χ4v) is 1.75. The minimum Gasteiger partial charge on any atom is -0.325 e. The lowest BCUT2D eigenvalue weighted by molar-refractivity contribution is 0.380. The zero-order chi connectivity index (χ0) is 12.7. The molecule has 1 aliphatic rings. The summed E-state index contributed by atoms with van der Waals surface area (Å²) < 4.78 is 65.4. The first-order chi connectivity index (χ1) is 7.95. The predicted molar refractivity (Wildman–Crippen MR) is 50.5 cm³/mol.